The standard InChI is InChI=1S/C21H27N3O3.ClH/c1-15(24-12-10-17(11-13-24)23(2)14-20(25)26)21(27)22-19-9-5-7-16-6-3-4-8-18(16)19;/h3-9,15,17H,10-14H2,1-2H3,(H,22,27)(H,25,26);1H. The molecule has 3 rings (SSSR count). The molecule has 1 saturated heterocycles. The number of likely N-dealkylation sites (tertiary alicyclic amines) is 1. The molecule has 0 aliphatic carbocycles. The predicted molar refractivity (Wildman–Crippen MR) is 114 cm³/mol. The zero-order valence-electron chi connectivity index (χ0n) is 16.3. The maximum atomic E-state index is 12.8. The van der Waals surface area contributed by atoms with Crippen molar-refractivity contribution in [2.24, 2.45) is 0 Å². The van der Waals surface area contributed by atoms with Crippen molar-refractivity contribution in [3.63, 3.8) is 0 Å². The van der Waals surface area contributed by atoms with Crippen LogP contribution >= 0.6 is 12.4 Å². The summed E-state index contributed by atoms with van der Waals surface area (Å²) < 4.78 is 0. The van der Waals surface area contributed by atoms with Gasteiger partial charge in [-0.2, -0.15) is 0 Å². The van der Waals surface area contributed by atoms with Crippen molar-refractivity contribution >= 4 is 40.7 Å². The second-order valence-corrected chi connectivity index (χ2v) is 7.27. The summed E-state index contributed by atoms with van der Waals surface area (Å²) >= 11 is 0. The minimum absolute atomic E-state index is 0. The van der Waals surface area contributed by atoms with Gasteiger partial charge in [0, 0.05) is 30.2 Å². The number of piperidine rings is 1. The minimum Gasteiger partial charge on any atom is -0.480 e. The first-order valence-electron chi connectivity index (χ1n) is 9.40. The Bertz CT molecular complexity index is 816. The Hall–Kier alpha value is -2.15. The number of amides is 1. The maximum absolute atomic E-state index is 12.8. The molecule has 0 bridgehead atoms. The molecular formula is C21H28ClN3O3. The fraction of sp³-hybridized carbons (Fsp3) is 0.429. The van der Waals surface area contributed by atoms with E-state index < -0.39 is 5.97 Å². The van der Waals surface area contributed by atoms with E-state index in [0.717, 1.165) is 42.4 Å². The van der Waals surface area contributed by atoms with E-state index in [0.29, 0.717) is 0 Å². The molecule has 2 aromatic rings. The van der Waals surface area contributed by atoms with E-state index in [4.69, 9.17) is 5.11 Å². The smallest absolute Gasteiger partial charge is 0.317 e. The molecule has 1 aliphatic rings. The number of fused-ring (bicyclic) bond motifs is 1. The van der Waals surface area contributed by atoms with Gasteiger partial charge in [-0.25, -0.2) is 0 Å². The molecule has 0 spiro atoms. The van der Waals surface area contributed by atoms with Gasteiger partial charge in [0.15, 0.2) is 0 Å². The van der Waals surface area contributed by atoms with E-state index in [-0.39, 0.29) is 36.9 Å². The Balaban J connectivity index is 0.00000280. The van der Waals surface area contributed by atoms with Crippen LogP contribution in [-0.2, 0) is 9.59 Å². The maximum Gasteiger partial charge on any atom is 0.317 e. The number of halogens is 1. The fourth-order valence-corrected chi connectivity index (χ4v) is 3.79. The predicted octanol–water partition coefficient (Wildman–Crippen LogP) is 3.07. The van der Waals surface area contributed by atoms with Crippen LogP contribution in [0, 0.1) is 0 Å². The molecule has 7 heteroatoms. The van der Waals surface area contributed by atoms with Gasteiger partial charge in [0.25, 0.3) is 0 Å². The zero-order chi connectivity index (χ0) is 19.4. The van der Waals surface area contributed by atoms with Crippen LogP contribution in [0.25, 0.3) is 10.8 Å². The van der Waals surface area contributed by atoms with Crippen molar-refractivity contribution < 1.29 is 14.7 Å². The fourth-order valence-electron chi connectivity index (χ4n) is 3.79. The van der Waals surface area contributed by atoms with Crippen molar-refractivity contribution in [2.75, 3.05) is 32.0 Å². The van der Waals surface area contributed by atoms with Crippen molar-refractivity contribution in [3.05, 3.63) is 42.5 Å². The van der Waals surface area contributed by atoms with E-state index in [1.165, 1.54) is 0 Å². The number of aliphatic carboxylic acids is 1. The van der Waals surface area contributed by atoms with E-state index in [1.54, 1.807) is 0 Å². The molecule has 2 N–H and O–H groups in total. The topological polar surface area (TPSA) is 72.9 Å². The molecule has 28 heavy (non-hydrogen) atoms. The molecule has 1 amide bonds. The molecule has 6 nitrogen and oxygen atoms in total. The number of benzene rings is 2. The number of anilines is 1. The third kappa shape index (κ3) is 5.22. The zero-order valence-corrected chi connectivity index (χ0v) is 17.1. The van der Waals surface area contributed by atoms with Gasteiger partial charge in [0.05, 0.1) is 12.6 Å². The van der Waals surface area contributed by atoms with Crippen LogP contribution in [0.3, 0.4) is 0 Å². The van der Waals surface area contributed by atoms with Gasteiger partial charge < -0.3 is 10.4 Å². The number of nitrogens with zero attached hydrogens (tertiary/aromatic N) is 2. The van der Waals surface area contributed by atoms with Crippen LogP contribution in [0.1, 0.15) is 19.8 Å². The summed E-state index contributed by atoms with van der Waals surface area (Å²) in [4.78, 5) is 27.7. The number of hydrogen-bond acceptors (Lipinski definition) is 4. The molecule has 0 radical (unpaired) electrons. The van der Waals surface area contributed by atoms with Crippen molar-refractivity contribution in [2.45, 2.75) is 31.8 Å². The highest BCUT2D eigenvalue weighted by atomic mass is 35.5. The summed E-state index contributed by atoms with van der Waals surface area (Å²) in [6, 6.07) is 14.0. The van der Waals surface area contributed by atoms with Crippen LogP contribution in [0.4, 0.5) is 5.69 Å². The molecule has 1 unspecified atom stereocenters. The molecule has 1 heterocycles. The van der Waals surface area contributed by atoms with Crippen molar-refractivity contribution in [1.29, 1.82) is 0 Å². The second-order valence-electron chi connectivity index (χ2n) is 7.27. The SMILES string of the molecule is CC(C(=O)Nc1cccc2ccccc12)N1CCC(N(C)CC(=O)O)CC1.Cl. The largest absolute Gasteiger partial charge is 0.480 e. The lowest BCUT2D eigenvalue weighted by Gasteiger charge is -2.38. The van der Waals surface area contributed by atoms with Crippen LogP contribution in [-0.4, -0.2) is 65.5 Å². The number of carbonyl (C=O) groups is 2. The van der Waals surface area contributed by atoms with Gasteiger partial charge in [-0.3, -0.25) is 19.4 Å². The Morgan fingerprint density at radius 2 is 1.82 bits per heavy atom. The quantitative estimate of drug-likeness (QED) is 0.772. The first-order chi connectivity index (χ1) is 13.0. The van der Waals surface area contributed by atoms with Gasteiger partial charge in [-0.1, -0.05) is 36.4 Å². The van der Waals surface area contributed by atoms with Gasteiger partial charge in [0.1, 0.15) is 0 Å². The summed E-state index contributed by atoms with van der Waals surface area (Å²) in [5.74, 6) is -0.813. The highest BCUT2D eigenvalue weighted by Crippen LogP contribution is 2.24. The third-order valence-electron chi connectivity index (χ3n) is 5.48. The van der Waals surface area contributed by atoms with Gasteiger partial charge in [0.2, 0.25) is 5.91 Å². The molecule has 0 saturated carbocycles. The lowest BCUT2D eigenvalue weighted by Crippen LogP contribution is -2.50. The van der Waals surface area contributed by atoms with Gasteiger partial charge in [-0.15, -0.1) is 12.4 Å². The van der Waals surface area contributed by atoms with E-state index in [1.807, 2.05) is 61.3 Å². The highest BCUT2D eigenvalue weighted by molar-refractivity contribution is 6.03. The van der Waals surface area contributed by atoms with Crippen molar-refractivity contribution in [3.8, 4) is 0 Å². The number of carboxylic acids is 1. The normalized spacial score (nSPS) is 16.5. The number of hydrogen-bond donors (Lipinski definition) is 2. The van der Waals surface area contributed by atoms with E-state index in [9.17, 15) is 9.59 Å². The van der Waals surface area contributed by atoms with Crippen LogP contribution in [0.5, 0.6) is 0 Å². The van der Waals surface area contributed by atoms with Gasteiger partial charge >= 0.3 is 5.97 Å². The Labute approximate surface area is 171 Å². The Morgan fingerprint density at radius 3 is 2.50 bits per heavy atom. The number of rotatable bonds is 6. The number of carbonyl (C=O) groups excluding carboxylic acids is 1. The summed E-state index contributed by atoms with van der Waals surface area (Å²) in [6.07, 6.45) is 1.74. The summed E-state index contributed by atoms with van der Waals surface area (Å²) in [7, 11) is 1.85. The number of carboxylic acid groups (broad SMARTS) is 1. The number of nitrogens with one attached hydrogen (secondary N) is 1. The Kier molecular flexibility index (Phi) is 7.80. The first-order valence-corrected chi connectivity index (χ1v) is 9.40. The molecule has 2 aromatic carbocycles. The monoisotopic (exact) mass is 405 g/mol. The van der Waals surface area contributed by atoms with Crippen LogP contribution < -0.4 is 5.32 Å². The van der Waals surface area contributed by atoms with E-state index >= 15 is 0 Å². The van der Waals surface area contributed by atoms with Crippen LogP contribution in [0.15, 0.2) is 42.5 Å². The van der Waals surface area contributed by atoms with Gasteiger partial charge in [-0.05, 0) is 38.3 Å². The molecule has 1 aliphatic heterocycles. The third-order valence-corrected chi connectivity index (χ3v) is 5.48. The molecule has 0 aromatic heterocycles. The molecule has 1 fully saturated rings. The average molecular weight is 406 g/mol. The van der Waals surface area contributed by atoms with Crippen molar-refractivity contribution in [1.82, 2.24) is 9.80 Å². The van der Waals surface area contributed by atoms with Crippen LogP contribution in [0.2, 0.25) is 0 Å². The molecule has 1 atom stereocenters. The summed E-state index contributed by atoms with van der Waals surface area (Å²) in [5, 5.41) is 14.1. The Morgan fingerprint density at radius 1 is 1.18 bits per heavy atom. The summed E-state index contributed by atoms with van der Waals surface area (Å²) in [5.41, 5.74) is 0.834. The van der Waals surface area contributed by atoms with E-state index in [2.05, 4.69) is 10.2 Å². The lowest BCUT2D eigenvalue weighted by molar-refractivity contribution is -0.138. The highest BCUT2D eigenvalue weighted by Gasteiger charge is 2.28. The number of likely N-dealkylation sites (N-methyl/N-ethyl adjacent to an activating group) is 1. The molecule has 152 valence electrons. The average Bonchev–Trinajstić information content (AvgIpc) is 2.67. The summed E-state index contributed by atoms with van der Waals surface area (Å²) in [6.45, 7) is 3.57. The first kappa shape index (κ1) is 22.1. The lowest BCUT2D eigenvalue weighted by atomic mass is 10.0. The minimum atomic E-state index is -0.803. The molecular weight excluding hydrogens is 378 g/mol. The second kappa shape index (κ2) is 9.87.